The smallest absolute Gasteiger partial charge is 0.331 e. The van der Waals surface area contributed by atoms with Gasteiger partial charge < -0.3 is 4.74 Å². The Bertz CT molecular complexity index is 223. The second-order valence-corrected chi connectivity index (χ2v) is 2.90. The second-order valence-electron chi connectivity index (χ2n) is 2.90. The maximum Gasteiger partial charge on any atom is 0.331 e. The third-order valence-corrected chi connectivity index (χ3v) is 1.27. The maximum atomic E-state index is 10.7. The van der Waals surface area contributed by atoms with E-state index in [2.05, 4.69) is 4.74 Å². The molecule has 3 heteroatoms. The molecule has 0 aromatic carbocycles. The van der Waals surface area contributed by atoms with Crippen LogP contribution in [0.4, 0.5) is 0 Å². The fourth-order valence-corrected chi connectivity index (χ4v) is 0.778. The average Bonchev–Trinajstić information content (AvgIpc) is 2.02. The number of hydrogen-bond acceptors (Lipinski definition) is 3. The van der Waals surface area contributed by atoms with Gasteiger partial charge >= 0.3 is 5.97 Å². The van der Waals surface area contributed by atoms with E-state index in [1.54, 1.807) is 0 Å². The number of hydrogen-bond donors (Lipinski definition) is 0. The molecular weight excluding hydrogens is 154 g/mol. The van der Waals surface area contributed by atoms with Crippen molar-refractivity contribution in [1.29, 1.82) is 5.26 Å². The minimum atomic E-state index is -0.466. The Hall–Kier alpha value is -1.30. The fourth-order valence-electron chi connectivity index (χ4n) is 0.778. The highest BCUT2D eigenvalue weighted by Gasteiger charge is 2.03. The average molecular weight is 167 g/mol. The summed E-state index contributed by atoms with van der Waals surface area (Å²) in [6.07, 6.45) is 1.85. The minimum absolute atomic E-state index is 0.376. The van der Waals surface area contributed by atoms with Crippen molar-refractivity contribution in [3.05, 3.63) is 11.6 Å². The molecule has 0 bridgehead atoms. The van der Waals surface area contributed by atoms with Gasteiger partial charge in [0.25, 0.3) is 0 Å². The lowest BCUT2D eigenvalue weighted by Gasteiger charge is -2.01. The number of nitriles is 1. The highest BCUT2D eigenvalue weighted by Crippen LogP contribution is 2.09. The van der Waals surface area contributed by atoms with Gasteiger partial charge in [-0.3, -0.25) is 0 Å². The van der Waals surface area contributed by atoms with Gasteiger partial charge in [0.2, 0.25) is 0 Å². The monoisotopic (exact) mass is 167 g/mol. The summed E-state index contributed by atoms with van der Waals surface area (Å²) < 4.78 is 4.40. The van der Waals surface area contributed by atoms with Gasteiger partial charge in [-0.25, -0.2) is 4.79 Å². The van der Waals surface area contributed by atoms with Crippen LogP contribution in [0, 0.1) is 17.2 Å². The van der Waals surface area contributed by atoms with Gasteiger partial charge in [0, 0.05) is 11.6 Å². The topological polar surface area (TPSA) is 50.1 Å². The highest BCUT2D eigenvalue weighted by atomic mass is 16.5. The van der Waals surface area contributed by atoms with Crippen LogP contribution >= 0.6 is 0 Å². The first kappa shape index (κ1) is 10.7. The summed E-state index contributed by atoms with van der Waals surface area (Å²) in [5.41, 5.74) is 0.469. The van der Waals surface area contributed by atoms with E-state index < -0.39 is 5.97 Å². The van der Waals surface area contributed by atoms with Crippen LogP contribution in [-0.4, -0.2) is 13.1 Å². The van der Waals surface area contributed by atoms with Gasteiger partial charge in [0.15, 0.2) is 0 Å². The van der Waals surface area contributed by atoms with E-state index in [1.165, 1.54) is 13.2 Å². The molecule has 0 amide bonds. The van der Waals surface area contributed by atoms with Gasteiger partial charge in [-0.2, -0.15) is 5.26 Å². The first-order chi connectivity index (χ1) is 5.60. The first-order valence-electron chi connectivity index (χ1n) is 3.78. The number of carbonyl (C=O) groups excluding carboxylic acids is 1. The molecule has 0 saturated heterocycles. The van der Waals surface area contributed by atoms with Gasteiger partial charge in [-0.1, -0.05) is 13.8 Å². The largest absolute Gasteiger partial charge is 0.466 e. The van der Waals surface area contributed by atoms with Crippen molar-refractivity contribution < 1.29 is 9.53 Å². The van der Waals surface area contributed by atoms with E-state index in [4.69, 9.17) is 5.26 Å². The fraction of sp³-hybridized carbons (Fsp3) is 0.556. The van der Waals surface area contributed by atoms with Crippen LogP contribution in [0.1, 0.15) is 20.3 Å². The van der Waals surface area contributed by atoms with Gasteiger partial charge in [-0.05, 0) is 12.3 Å². The number of methoxy groups -OCH3 is 1. The molecule has 12 heavy (non-hydrogen) atoms. The normalized spacial score (nSPS) is 11.1. The van der Waals surface area contributed by atoms with Crippen molar-refractivity contribution in [1.82, 2.24) is 0 Å². The summed E-state index contributed by atoms with van der Waals surface area (Å²) in [6, 6.07) is 1.96. The Morgan fingerprint density at radius 2 is 2.25 bits per heavy atom. The van der Waals surface area contributed by atoms with Crippen molar-refractivity contribution in [3.63, 3.8) is 0 Å². The first-order valence-corrected chi connectivity index (χ1v) is 3.78. The summed E-state index contributed by atoms with van der Waals surface area (Å²) in [6.45, 7) is 3.98. The summed E-state index contributed by atoms with van der Waals surface area (Å²) in [7, 11) is 1.29. The molecular formula is C9H13NO2. The summed E-state index contributed by atoms with van der Waals surface area (Å²) in [4.78, 5) is 10.7. The zero-order valence-electron chi connectivity index (χ0n) is 7.63. The lowest BCUT2D eigenvalue weighted by Crippen LogP contribution is -1.98. The molecule has 3 nitrogen and oxygen atoms in total. The number of allylic oxidation sites excluding steroid dienone is 1. The van der Waals surface area contributed by atoms with Crippen molar-refractivity contribution in [3.8, 4) is 6.07 Å². The molecule has 0 radical (unpaired) electrons. The van der Waals surface area contributed by atoms with Crippen LogP contribution in [0.3, 0.4) is 0 Å². The number of carbonyl (C=O) groups is 1. The van der Waals surface area contributed by atoms with E-state index in [0.29, 0.717) is 17.9 Å². The molecule has 0 atom stereocenters. The quantitative estimate of drug-likeness (QED) is 0.365. The van der Waals surface area contributed by atoms with E-state index in [0.717, 1.165) is 0 Å². The number of nitrogens with zero attached hydrogens (tertiary/aromatic N) is 1. The van der Waals surface area contributed by atoms with Gasteiger partial charge in [-0.15, -0.1) is 0 Å². The standard InChI is InChI=1S/C9H13NO2/c1-7(2)4-8(6-10)5-9(11)12-3/h5,7H,4H2,1-3H3/b8-5+. The molecule has 0 aliphatic carbocycles. The van der Waals surface area contributed by atoms with E-state index in [9.17, 15) is 4.79 Å². The van der Waals surface area contributed by atoms with Crippen LogP contribution in [0.5, 0.6) is 0 Å². The Morgan fingerprint density at radius 1 is 1.67 bits per heavy atom. The van der Waals surface area contributed by atoms with Gasteiger partial charge in [0.1, 0.15) is 0 Å². The Morgan fingerprint density at radius 3 is 2.58 bits per heavy atom. The summed E-state index contributed by atoms with van der Waals surface area (Å²) in [5, 5.41) is 8.59. The summed E-state index contributed by atoms with van der Waals surface area (Å²) >= 11 is 0. The predicted molar refractivity (Wildman–Crippen MR) is 45.2 cm³/mol. The van der Waals surface area contributed by atoms with Crippen molar-refractivity contribution in [2.75, 3.05) is 7.11 Å². The highest BCUT2D eigenvalue weighted by molar-refractivity contribution is 5.83. The Balaban J connectivity index is 4.26. The van der Waals surface area contributed by atoms with Crippen LogP contribution in [0.25, 0.3) is 0 Å². The van der Waals surface area contributed by atoms with Crippen molar-refractivity contribution in [2.45, 2.75) is 20.3 Å². The molecule has 0 aromatic heterocycles. The maximum absolute atomic E-state index is 10.7. The van der Waals surface area contributed by atoms with Crippen LogP contribution in [-0.2, 0) is 9.53 Å². The van der Waals surface area contributed by atoms with Crippen molar-refractivity contribution >= 4 is 5.97 Å². The molecule has 0 fully saturated rings. The second kappa shape index (κ2) is 5.36. The molecule has 0 aliphatic rings. The van der Waals surface area contributed by atoms with Crippen molar-refractivity contribution in [2.24, 2.45) is 5.92 Å². The zero-order chi connectivity index (χ0) is 9.56. The Labute approximate surface area is 72.6 Å². The molecule has 0 unspecified atom stereocenters. The van der Waals surface area contributed by atoms with E-state index >= 15 is 0 Å². The molecule has 0 saturated carbocycles. The molecule has 0 N–H and O–H groups in total. The zero-order valence-corrected chi connectivity index (χ0v) is 7.63. The predicted octanol–water partition coefficient (Wildman–Crippen LogP) is 1.66. The molecule has 66 valence electrons. The van der Waals surface area contributed by atoms with Crippen LogP contribution < -0.4 is 0 Å². The SMILES string of the molecule is COC(=O)/C=C(/C#N)CC(C)C. The molecule has 0 heterocycles. The van der Waals surface area contributed by atoms with E-state index in [1.807, 2.05) is 19.9 Å². The van der Waals surface area contributed by atoms with E-state index in [-0.39, 0.29) is 0 Å². The molecule has 0 spiro atoms. The minimum Gasteiger partial charge on any atom is -0.466 e. The molecule has 0 rings (SSSR count). The van der Waals surface area contributed by atoms with Crippen LogP contribution in [0.2, 0.25) is 0 Å². The Kier molecular flexibility index (Phi) is 4.78. The third-order valence-electron chi connectivity index (χ3n) is 1.27. The third kappa shape index (κ3) is 4.51. The lowest BCUT2D eigenvalue weighted by atomic mass is 10.0. The molecule has 0 aromatic rings. The summed E-state index contributed by atoms with van der Waals surface area (Å²) in [5.74, 6) is -0.0900. The number of esters is 1. The number of rotatable bonds is 3. The van der Waals surface area contributed by atoms with Crippen LogP contribution in [0.15, 0.2) is 11.6 Å². The molecule has 0 aliphatic heterocycles. The lowest BCUT2D eigenvalue weighted by molar-refractivity contribution is -0.134. The van der Waals surface area contributed by atoms with Gasteiger partial charge in [0.05, 0.1) is 13.2 Å². The number of ether oxygens (including phenoxy) is 1.